The third-order valence-electron chi connectivity index (χ3n) is 8.06. The lowest BCUT2D eigenvalue weighted by molar-refractivity contribution is -0.140. The molecule has 36 heavy (non-hydrogen) atoms. The first-order valence-electron chi connectivity index (χ1n) is 12.7. The van der Waals surface area contributed by atoms with Crippen molar-refractivity contribution in [1.29, 1.82) is 0 Å². The third-order valence-corrected chi connectivity index (χ3v) is 8.06. The molecule has 0 spiro atoms. The summed E-state index contributed by atoms with van der Waals surface area (Å²) in [6.45, 7) is 0.335. The van der Waals surface area contributed by atoms with Gasteiger partial charge in [-0.25, -0.2) is 13.2 Å². The van der Waals surface area contributed by atoms with Crippen molar-refractivity contribution < 1.29 is 36.6 Å². The minimum Gasteiger partial charge on any atom is -0.423 e. The Balaban J connectivity index is 1.20. The van der Waals surface area contributed by atoms with E-state index >= 15 is 8.78 Å². The number of ether oxygens (including phenoxy) is 3. The Kier molecular flexibility index (Phi) is 7.35. The van der Waals surface area contributed by atoms with Crippen molar-refractivity contribution in [3.05, 3.63) is 64.2 Å². The molecule has 2 aliphatic carbocycles. The smallest absolute Gasteiger partial charge is 0.314 e. The van der Waals surface area contributed by atoms with Crippen molar-refractivity contribution in [2.45, 2.75) is 75.4 Å². The molecular formula is C28H30F4O4. The van der Waals surface area contributed by atoms with Crippen LogP contribution in [-0.2, 0) is 14.3 Å². The first-order valence-corrected chi connectivity index (χ1v) is 12.7. The topological polar surface area (TPSA) is 48.1 Å². The quantitative estimate of drug-likeness (QED) is 0.186. The monoisotopic (exact) mass is 506 g/mol. The van der Waals surface area contributed by atoms with E-state index in [1.807, 2.05) is 0 Å². The number of rotatable bonds is 6. The molecule has 1 aliphatic heterocycles. The molecule has 8 heteroatoms. The van der Waals surface area contributed by atoms with Crippen LogP contribution in [0.15, 0.2) is 24.3 Å². The number of methoxy groups -OCH3 is 1. The summed E-state index contributed by atoms with van der Waals surface area (Å²) in [5.74, 6) is -5.69. The van der Waals surface area contributed by atoms with Gasteiger partial charge in [0.2, 0.25) is 5.82 Å². The van der Waals surface area contributed by atoms with E-state index in [-0.39, 0.29) is 23.5 Å². The number of hydrogen-bond acceptors (Lipinski definition) is 4. The van der Waals surface area contributed by atoms with E-state index in [1.165, 1.54) is 12.1 Å². The van der Waals surface area contributed by atoms with Crippen LogP contribution in [0.3, 0.4) is 0 Å². The predicted molar refractivity (Wildman–Crippen MR) is 124 cm³/mol. The van der Waals surface area contributed by atoms with Crippen LogP contribution >= 0.6 is 0 Å². The van der Waals surface area contributed by atoms with Crippen LogP contribution in [0.4, 0.5) is 17.6 Å². The lowest BCUT2D eigenvalue weighted by Gasteiger charge is -2.30. The van der Waals surface area contributed by atoms with E-state index in [0.29, 0.717) is 43.4 Å². The Morgan fingerprint density at radius 1 is 0.750 bits per heavy atom. The molecule has 5 rings (SSSR count). The van der Waals surface area contributed by atoms with E-state index in [4.69, 9.17) is 14.2 Å². The Morgan fingerprint density at radius 3 is 1.78 bits per heavy atom. The molecule has 0 aromatic heterocycles. The maximum atomic E-state index is 15.1. The van der Waals surface area contributed by atoms with Gasteiger partial charge in [0, 0.05) is 12.7 Å². The van der Waals surface area contributed by atoms with Crippen LogP contribution in [0.25, 0.3) is 0 Å². The fraction of sp³-hybridized carbons (Fsp3) is 0.536. The van der Waals surface area contributed by atoms with Crippen LogP contribution in [0, 0.1) is 29.2 Å². The standard InChI is InChI=1S/C28H30F4O4/c1-34-18-8-6-16(7-9-18)20-11-10-19(24(29)25(20)30)15-2-4-17(5-3-15)28(33)36-22-13-12-21(23-14-35-23)26(31)27(22)32/h10-13,15-18,23H,2-9,14H2,1H3. The summed E-state index contributed by atoms with van der Waals surface area (Å²) in [4.78, 5) is 12.6. The molecule has 0 bridgehead atoms. The number of carbonyl (C=O) groups excluding carboxylic acids is 1. The average Bonchev–Trinajstić information content (AvgIpc) is 3.74. The van der Waals surface area contributed by atoms with Crippen molar-refractivity contribution in [3.8, 4) is 5.75 Å². The van der Waals surface area contributed by atoms with Crippen molar-refractivity contribution in [2.24, 2.45) is 5.92 Å². The van der Waals surface area contributed by atoms with Crippen molar-refractivity contribution in [2.75, 3.05) is 13.7 Å². The second kappa shape index (κ2) is 10.5. The maximum absolute atomic E-state index is 15.1. The summed E-state index contributed by atoms with van der Waals surface area (Å²) in [5.41, 5.74) is 0.868. The summed E-state index contributed by atoms with van der Waals surface area (Å²) in [6.07, 6.45) is 4.67. The van der Waals surface area contributed by atoms with Crippen molar-refractivity contribution in [3.63, 3.8) is 0 Å². The second-order valence-electron chi connectivity index (χ2n) is 10.2. The lowest BCUT2D eigenvalue weighted by Crippen LogP contribution is -2.26. The number of hydrogen-bond donors (Lipinski definition) is 0. The minimum absolute atomic E-state index is 0.0124. The molecule has 1 heterocycles. The van der Waals surface area contributed by atoms with Gasteiger partial charge < -0.3 is 14.2 Å². The van der Waals surface area contributed by atoms with Crippen LogP contribution in [0.5, 0.6) is 5.75 Å². The van der Waals surface area contributed by atoms with Crippen LogP contribution in [0.2, 0.25) is 0 Å². The van der Waals surface area contributed by atoms with E-state index < -0.39 is 47.0 Å². The van der Waals surface area contributed by atoms with Gasteiger partial charge >= 0.3 is 5.97 Å². The maximum Gasteiger partial charge on any atom is 0.314 e. The van der Waals surface area contributed by atoms with Crippen molar-refractivity contribution >= 4 is 5.97 Å². The highest BCUT2D eigenvalue weighted by molar-refractivity contribution is 5.75. The van der Waals surface area contributed by atoms with Gasteiger partial charge in [-0.3, -0.25) is 4.79 Å². The molecule has 3 aliphatic rings. The number of benzene rings is 2. The molecule has 3 fully saturated rings. The molecule has 2 saturated carbocycles. The van der Waals surface area contributed by atoms with Crippen molar-refractivity contribution in [1.82, 2.24) is 0 Å². The van der Waals surface area contributed by atoms with E-state index in [0.717, 1.165) is 25.7 Å². The molecule has 1 atom stereocenters. The Labute approximate surface area is 207 Å². The largest absolute Gasteiger partial charge is 0.423 e. The van der Waals surface area contributed by atoms with Gasteiger partial charge in [0.05, 0.1) is 18.6 Å². The summed E-state index contributed by atoms with van der Waals surface area (Å²) >= 11 is 0. The molecule has 1 unspecified atom stereocenters. The van der Waals surface area contributed by atoms with Gasteiger partial charge in [0.15, 0.2) is 23.2 Å². The molecule has 1 saturated heterocycles. The van der Waals surface area contributed by atoms with Gasteiger partial charge in [-0.15, -0.1) is 0 Å². The number of epoxide rings is 1. The average molecular weight is 507 g/mol. The first-order chi connectivity index (χ1) is 17.4. The molecule has 2 aromatic carbocycles. The highest BCUT2D eigenvalue weighted by Crippen LogP contribution is 2.41. The predicted octanol–water partition coefficient (Wildman–Crippen LogP) is 6.87. The van der Waals surface area contributed by atoms with Gasteiger partial charge in [-0.1, -0.05) is 12.1 Å². The molecule has 4 nitrogen and oxygen atoms in total. The van der Waals surface area contributed by atoms with Gasteiger partial charge in [-0.05, 0) is 86.5 Å². The van der Waals surface area contributed by atoms with Gasteiger partial charge in [0.25, 0.3) is 0 Å². The van der Waals surface area contributed by atoms with E-state index in [1.54, 1.807) is 19.2 Å². The summed E-state index contributed by atoms with van der Waals surface area (Å²) in [6, 6.07) is 5.99. The first kappa shape index (κ1) is 25.2. The highest BCUT2D eigenvalue weighted by Gasteiger charge is 2.34. The zero-order valence-corrected chi connectivity index (χ0v) is 20.2. The number of halogens is 4. The molecule has 194 valence electrons. The zero-order valence-electron chi connectivity index (χ0n) is 20.2. The fourth-order valence-electron chi connectivity index (χ4n) is 5.75. The Morgan fingerprint density at radius 2 is 1.25 bits per heavy atom. The normalized spacial score (nSPS) is 28.1. The molecule has 0 N–H and O–H groups in total. The van der Waals surface area contributed by atoms with Crippen LogP contribution in [-0.4, -0.2) is 25.8 Å². The zero-order chi connectivity index (χ0) is 25.4. The number of esters is 1. The molecule has 2 aromatic rings. The fourth-order valence-corrected chi connectivity index (χ4v) is 5.75. The van der Waals surface area contributed by atoms with Crippen LogP contribution < -0.4 is 4.74 Å². The second-order valence-corrected chi connectivity index (χ2v) is 10.2. The minimum atomic E-state index is -1.21. The molecule has 0 amide bonds. The molecular weight excluding hydrogens is 476 g/mol. The lowest BCUT2D eigenvalue weighted by atomic mass is 9.77. The highest BCUT2D eigenvalue weighted by atomic mass is 19.2. The SMILES string of the molecule is COC1CCC(c2ccc(C3CCC(C(=O)Oc4ccc(C5CO5)c(F)c4F)CC3)c(F)c2F)CC1. The van der Waals surface area contributed by atoms with E-state index in [9.17, 15) is 13.6 Å². The van der Waals surface area contributed by atoms with Crippen LogP contribution in [0.1, 0.15) is 86.0 Å². The Hall–Kier alpha value is -2.45. The Bertz CT molecular complexity index is 1120. The van der Waals surface area contributed by atoms with E-state index in [2.05, 4.69) is 0 Å². The summed E-state index contributed by atoms with van der Waals surface area (Å²) in [7, 11) is 1.68. The summed E-state index contributed by atoms with van der Waals surface area (Å²) in [5, 5.41) is 0. The van der Waals surface area contributed by atoms with Gasteiger partial charge in [0.1, 0.15) is 6.10 Å². The summed E-state index contributed by atoms with van der Waals surface area (Å²) < 4.78 is 74.2. The number of carbonyl (C=O) groups is 1. The molecule has 0 radical (unpaired) electrons. The van der Waals surface area contributed by atoms with Gasteiger partial charge in [-0.2, -0.15) is 4.39 Å². The third kappa shape index (κ3) is 5.02.